The number of nitrogens with one attached hydrogen (secondary N) is 1. The molecule has 0 saturated carbocycles. The van der Waals surface area contributed by atoms with Gasteiger partial charge in [0, 0.05) is 19.3 Å². The van der Waals surface area contributed by atoms with E-state index in [0.29, 0.717) is 11.7 Å². The van der Waals surface area contributed by atoms with Crippen molar-refractivity contribution in [2.45, 2.75) is 26.3 Å². The fourth-order valence-electron chi connectivity index (χ4n) is 2.48. The third kappa shape index (κ3) is 3.88. The van der Waals surface area contributed by atoms with Gasteiger partial charge >= 0.3 is 0 Å². The number of aromatic nitrogens is 2. The van der Waals surface area contributed by atoms with E-state index >= 15 is 0 Å². The highest BCUT2D eigenvalue weighted by atomic mass is 35.5. The van der Waals surface area contributed by atoms with Crippen molar-refractivity contribution in [2.75, 3.05) is 20.1 Å². The fourth-order valence-corrected chi connectivity index (χ4v) is 2.73. The molecule has 0 bridgehead atoms. The lowest BCUT2D eigenvalue weighted by atomic mass is 9.97. The van der Waals surface area contributed by atoms with Gasteiger partial charge in [0.2, 0.25) is 5.91 Å². The number of hydrogen-bond donors (Lipinski definition) is 1. The van der Waals surface area contributed by atoms with Gasteiger partial charge in [0.05, 0.1) is 12.5 Å². The molecule has 0 spiro atoms. The summed E-state index contributed by atoms with van der Waals surface area (Å²) >= 11 is 5.94. The average molecular weight is 283 g/mol. The van der Waals surface area contributed by atoms with Crippen LogP contribution in [0.3, 0.4) is 0 Å². The van der Waals surface area contributed by atoms with Crippen molar-refractivity contribution in [3.05, 3.63) is 22.7 Å². The Kier molecular flexibility index (Phi) is 4.71. The summed E-state index contributed by atoms with van der Waals surface area (Å²) < 4.78 is 0. The molecule has 104 valence electrons. The maximum atomic E-state index is 11.7. The van der Waals surface area contributed by atoms with Gasteiger partial charge in [-0.2, -0.15) is 0 Å². The minimum absolute atomic E-state index is 0.0685. The lowest BCUT2D eigenvalue weighted by Gasteiger charge is -2.31. The second-order valence-corrected chi connectivity index (χ2v) is 5.32. The molecule has 1 fully saturated rings. The Morgan fingerprint density at radius 2 is 2.37 bits per heavy atom. The van der Waals surface area contributed by atoms with Crippen molar-refractivity contribution in [1.29, 1.82) is 0 Å². The van der Waals surface area contributed by atoms with Crippen molar-refractivity contribution < 1.29 is 4.79 Å². The zero-order valence-corrected chi connectivity index (χ0v) is 12.1. The minimum atomic E-state index is 0.0685. The van der Waals surface area contributed by atoms with Crippen LogP contribution in [0.15, 0.2) is 6.07 Å². The highest BCUT2D eigenvalue weighted by molar-refractivity contribution is 6.29. The maximum Gasteiger partial charge on any atom is 0.224 e. The Morgan fingerprint density at radius 1 is 1.58 bits per heavy atom. The number of nitrogens with zero attached hydrogens (tertiary/aromatic N) is 3. The largest absolute Gasteiger partial charge is 0.359 e. The van der Waals surface area contributed by atoms with Crippen LogP contribution in [0.5, 0.6) is 0 Å². The van der Waals surface area contributed by atoms with Crippen molar-refractivity contribution in [3.8, 4) is 0 Å². The van der Waals surface area contributed by atoms with Crippen LogP contribution in [0.1, 0.15) is 24.4 Å². The van der Waals surface area contributed by atoms with Crippen LogP contribution in [0.4, 0.5) is 0 Å². The summed E-state index contributed by atoms with van der Waals surface area (Å²) in [7, 11) is 1.69. The molecule has 19 heavy (non-hydrogen) atoms. The van der Waals surface area contributed by atoms with Gasteiger partial charge < -0.3 is 5.32 Å². The molecular formula is C13H19ClN4O. The van der Waals surface area contributed by atoms with Crippen molar-refractivity contribution in [1.82, 2.24) is 20.2 Å². The summed E-state index contributed by atoms with van der Waals surface area (Å²) in [4.78, 5) is 22.5. The molecule has 1 aliphatic rings. The predicted molar refractivity (Wildman–Crippen MR) is 73.8 cm³/mol. The van der Waals surface area contributed by atoms with E-state index < -0.39 is 0 Å². The number of likely N-dealkylation sites (tertiary alicyclic amines) is 1. The number of aryl methyl sites for hydroxylation is 1. The van der Waals surface area contributed by atoms with Gasteiger partial charge in [0.25, 0.3) is 0 Å². The molecule has 0 aliphatic carbocycles. The van der Waals surface area contributed by atoms with Gasteiger partial charge in [0.1, 0.15) is 11.0 Å². The molecule has 1 amide bonds. The molecule has 1 aromatic rings. The number of rotatable bonds is 3. The fraction of sp³-hybridized carbons (Fsp3) is 0.615. The predicted octanol–water partition coefficient (Wildman–Crippen LogP) is 1.40. The molecule has 1 aromatic heterocycles. The Labute approximate surface area is 118 Å². The molecule has 0 radical (unpaired) electrons. The van der Waals surface area contributed by atoms with Crippen molar-refractivity contribution in [2.24, 2.45) is 5.92 Å². The van der Waals surface area contributed by atoms with E-state index in [4.69, 9.17) is 11.6 Å². The minimum Gasteiger partial charge on any atom is -0.359 e. The molecule has 1 atom stereocenters. The number of halogens is 1. The monoisotopic (exact) mass is 282 g/mol. The number of amides is 1. The van der Waals surface area contributed by atoms with Gasteiger partial charge in [-0.1, -0.05) is 11.6 Å². The summed E-state index contributed by atoms with van der Waals surface area (Å²) in [6.45, 7) is 4.28. The van der Waals surface area contributed by atoms with Crippen LogP contribution >= 0.6 is 11.6 Å². The van der Waals surface area contributed by atoms with E-state index in [0.717, 1.165) is 37.4 Å². The first-order valence-corrected chi connectivity index (χ1v) is 6.90. The summed E-state index contributed by atoms with van der Waals surface area (Å²) in [6.07, 6.45) is 1.98. The van der Waals surface area contributed by atoms with Crippen LogP contribution < -0.4 is 5.32 Å². The zero-order chi connectivity index (χ0) is 13.8. The number of carbonyl (C=O) groups excluding carboxylic acids is 1. The molecule has 5 nitrogen and oxygen atoms in total. The van der Waals surface area contributed by atoms with E-state index in [1.807, 2.05) is 6.92 Å². The molecule has 1 saturated heterocycles. The summed E-state index contributed by atoms with van der Waals surface area (Å²) in [5, 5.41) is 3.19. The van der Waals surface area contributed by atoms with E-state index in [9.17, 15) is 4.79 Å². The summed E-state index contributed by atoms with van der Waals surface area (Å²) in [5.74, 6) is 0.912. The van der Waals surface area contributed by atoms with Gasteiger partial charge in [-0.25, -0.2) is 9.97 Å². The molecule has 6 heteroatoms. The van der Waals surface area contributed by atoms with E-state index in [1.165, 1.54) is 0 Å². The molecule has 1 N–H and O–H groups in total. The van der Waals surface area contributed by atoms with Gasteiger partial charge in [-0.3, -0.25) is 9.69 Å². The van der Waals surface area contributed by atoms with E-state index in [2.05, 4.69) is 20.2 Å². The number of hydrogen-bond acceptors (Lipinski definition) is 4. The number of carbonyl (C=O) groups is 1. The van der Waals surface area contributed by atoms with Crippen molar-refractivity contribution >= 4 is 17.5 Å². The molecule has 2 rings (SSSR count). The topological polar surface area (TPSA) is 58.1 Å². The first kappa shape index (κ1) is 14.2. The first-order valence-electron chi connectivity index (χ1n) is 6.52. The number of piperidine rings is 1. The lowest BCUT2D eigenvalue weighted by molar-refractivity contribution is -0.126. The SMILES string of the molecule is CNC(=O)C1CCCN(Cc2nc(C)cc(Cl)n2)C1. The third-order valence-corrected chi connectivity index (χ3v) is 3.55. The molecule has 1 aliphatic heterocycles. The Morgan fingerprint density at radius 3 is 3.05 bits per heavy atom. The molecular weight excluding hydrogens is 264 g/mol. The summed E-state index contributed by atoms with van der Waals surface area (Å²) in [5.41, 5.74) is 0.870. The molecule has 2 heterocycles. The van der Waals surface area contributed by atoms with Crippen molar-refractivity contribution in [3.63, 3.8) is 0 Å². The second kappa shape index (κ2) is 6.30. The van der Waals surface area contributed by atoms with Gasteiger partial charge in [-0.15, -0.1) is 0 Å². The third-order valence-electron chi connectivity index (χ3n) is 3.36. The Hall–Kier alpha value is -1.20. The van der Waals surface area contributed by atoms with Crippen LogP contribution in [-0.2, 0) is 11.3 Å². The van der Waals surface area contributed by atoms with E-state index in [-0.39, 0.29) is 11.8 Å². The first-order chi connectivity index (χ1) is 9.08. The quantitative estimate of drug-likeness (QED) is 0.852. The summed E-state index contributed by atoms with van der Waals surface area (Å²) in [6, 6.07) is 1.74. The zero-order valence-electron chi connectivity index (χ0n) is 11.3. The lowest BCUT2D eigenvalue weighted by Crippen LogP contribution is -2.42. The normalized spacial score (nSPS) is 20.3. The highest BCUT2D eigenvalue weighted by Crippen LogP contribution is 2.18. The highest BCUT2D eigenvalue weighted by Gasteiger charge is 2.25. The average Bonchev–Trinajstić information content (AvgIpc) is 2.37. The van der Waals surface area contributed by atoms with Crippen LogP contribution in [0, 0.1) is 12.8 Å². The maximum absolute atomic E-state index is 11.7. The van der Waals surface area contributed by atoms with Gasteiger partial charge in [-0.05, 0) is 32.4 Å². The standard InChI is InChI=1S/C13H19ClN4O/c1-9-6-11(14)17-12(16-9)8-18-5-3-4-10(7-18)13(19)15-2/h6,10H,3-5,7-8H2,1-2H3,(H,15,19). The van der Waals surface area contributed by atoms with Crippen LogP contribution in [0.25, 0.3) is 0 Å². The second-order valence-electron chi connectivity index (χ2n) is 4.94. The van der Waals surface area contributed by atoms with Gasteiger partial charge in [0.15, 0.2) is 0 Å². The Bertz CT molecular complexity index is 446. The van der Waals surface area contributed by atoms with E-state index in [1.54, 1.807) is 13.1 Å². The van der Waals surface area contributed by atoms with Crippen LogP contribution in [-0.4, -0.2) is 40.9 Å². The molecule has 0 aromatic carbocycles. The smallest absolute Gasteiger partial charge is 0.224 e. The van der Waals surface area contributed by atoms with Crippen LogP contribution in [0.2, 0.25) is 5.15 Å². The molecule has 1 unspecified atom stereocenters. The Balaban J connectivity index is 2.00.